The van der Waals surface area contributed by atoms with E-state index in [1.54, 1.807) is 36.5 Å². The van der Waals surface area contributed by atoms with E-state index in [9.17, 15) is 9.18 Å². The zero-order chi connectivity index (χ0) is 19.0. The van der Waals surface area contributed by atoms with Crippen LogP contribution in [0.3, 0.4) is 0 Å². The van der Waals surface area contributed by atoms with Crippen molar-refractivity contribution in [3.05, 3.63) is 69.7 Å². The molecule has 0 radical (unpaired) electrons. The number of aromatic nitrogens is 3. The average molecular weight is 384 g/mol. The van der Waals surface area contributed by atoms with Gasteiger partial charge in [0.15, 0.2) is 0 Å². The second kappa shape index (κ2) is 6.96. The number of pyridine rings is 1. The monoisotopic (exact) mass is 383 g/mol. The lowest BCUT2D eigenvalue weighted by atomic mass is 10.1. The van der Waals surface area contributed by atoms with E-state index >= 15 is 0 Å². The van der Waals surface area contributed by atoms with E-state index in [0.29, 0.717) is 28.5 Å². The zero-order valence-corrected chi connectivity index (χ0v) is 15.2. The van der Waals surface area contributed by atoms with Gasteiger partial charge in [-0.15, -0.1) is 0 Å². The van der Waals surface area contributed by atoms with Crippen molar-refractivity contribution in [1.29, 1.82) is 0 Å². The molecule has 7 heteroatoms. The molecular weight excluding hydrogens is 369 g/mol. The van der Waals surface area contributed by atoms with Crippen molar-refractivity contribution in [2.75, 3.05) is 0 Å². The molecule has 0 atom stereocenters. The molecule has 0 amide bonds. The molecule has 0 bridgehead atoms. The Balaban J connectivity index is 1.89. The van der Waals surface area contributed by atoms with Crippen molar-refractivity contribution >= 4 is 22.5 Å². The van der Waals surface area contributed by atoms with Crippen molar-refractivity contribution in [3.63, 3.8) is 0 Å². The lowest BCUT2D eigenvalue weighted by Gasteiger charge is -2.11. The summed E-state index contributed by atoms with van der Waals surface area (Å²) in [4.78, 5) is 17.2. The molecule has 0 aliphatic heterocycles. The molecule has 0 N–H and O–H groups in total. The molecule has 136 valence electrons. The first-order valence-electron chi connectivity index (χ1n) is 8.49. The molecule has 0 saturated carbocycles. The molecular formula is C20H15ClFN3O2. The fraction of sp³-hybridized carbons (Fsp3) is 0.150. The molecule has 2 aromatic heterocycles. The predicted molar refractivity (Wildman–Crippen MR) is 102 cm³/mol. The third-order valence-electron chi connectivity index (χ3n) is 4.25. The molecule has 0 fully saturated rings. The summed E-state index contributed by atoms with van der Waals surface area (Å²) in [5.74, 6) is -0.0517. The van der Waals surface area contributed by atoms with Crippen LogP contribution in [0.15, 0.2) is 58.0 Å². The van der Waals surface area contributed by atoms with Gasteiger partial charge in [0, 0.05) is 28.7 Å². The Hall–Kier alpha value is -2.99. The van der Waals surface area contributed by atoms with Gasteiger partial charge in [-0.1, -0.05) is 35.8 Å². The van der Waals surface area contributed by atoms with Crippen LogP contribution in [-0.4, -0.2) is 14.7 Å². The number of hydrogen-bond acceptors (Lipinski definition) is 4. The summed E-state index contributed by atoms with van der Waals surface area (Å²) in [6, 6.07) is 11.2. The highest BCUT2D eigenvalue weighted by Crippen LogP contribution is 2.24. The minimum absolute atomic E-state index is 0.0889. The molecule has 0 saturated heterocycles. The van der Waals surface area contributed by atoms with Crippen LogP contribution in [0.4, 0.5) is 4.39 Å². The largest absolute Gasteiger partial charge is 0.346 e. The third kappa shape index (κ3) is 3.24. The summed E-state index contributed by atoms with van der Waals surface area (Å²) in [7, 11) is 0. The van der Waals surface area contributed by atoms with Crippen molar-refractivity contribution in [3.8, 4) is 22.8 Å². The quantitative estimate of drug-likeness (QED) is 0.501. The maximum atomic E-state index is 13.7. The van der Waals surface area contributed by atoms with Gasteiger partial charge in [0.05, 0.1) is 5.52 Å². The summed E-state index contributed by atoms with van der Waals surface area (Å²) in [6.45, 7) is 2.70. The number of nitrogens with zero attached hydrogens (tertiary/aromatic N) is 3. The number of benzene rings is 2. The van der Waals surface area contributed by atoms with Gasteiger partial charge in [-0.3, -0.25) is 4.79 Å². The third-order valence-corrected chi connectivity index (χ3v) is 4.48. The number of fused-ring (bicyclic) bond motifs is 1. The summed E-state index contributed by atoms with van der Waals surface area (Å²) in [5.41, 5.74) is 1.24. The molecule has 4 aromatic rings. The van der Waals surface area contributed by atoms with E-state index in [4.69, 9.17) is 16.1 Å². The highest BCUT2D eigenvalue weighted by molar-refractivity contribution is 6.30. The smallest absolute Gasteiger partial charge is 0.263 e. The van der Waals surface area contributed by atoms with Crippen molar-refractivity contribution in [2.24, 2.45) is 0 Å². The number of aryl methyl sites for hydroxylation is 1. The molecule has 0 unspecified atom stereocenters. The summed E-state index contributed by atoms with van der Waals surface area (Å²) < 4.78 is 20.9. The zero-order valence-electron chi connectivity index (χ0n) is 14.4. The molecule has 0 spiro atoms. The molecule has 27 heavy (non-hydrogen) atoms. The van der Waals surface area contributed by atoms with Crippen LogP contribution in [0.25, 0.3) is 33.7 Å². The van der Waals surface area contributed by atoms with Crippen molar-refractivity contribution < 1.29 is 8.91 Å². The first-order chi connectivity index (χ1) is 13.1. The van der Waals surface area contributed by atoms with Crippen LogP contribution in [0.1, 0.15) is 13.3 Å². The van der Waals surface area contributed by atoms with E-state index < -0.39 is 5.82 Å². The Labute approximate surface area is 159 Å². The Morgan fingerprint density at radius 3 is 2.85 bits per heavy atom. The van der Waals surface area contributed by atoms with Crippen LogP contribution in [0.5, 0.6) is 0 Å². The van der Waals surface area contributed by atoms with Gasteiger partial charge in [0.25, 0.3) is 5.89 Å². The van der Waals surface area contributed by atoms with Gasteiger partial charge >= 0.3 is 0 Å². The minimum atomic E-state index is -0.468. The Morgan fingerprint density at radius 1 is 1.22 bits per heavy atom. The van der Waals surface area contributed by atoms with E-state index in [2.05, 4.69) is 10.1 Å². The molecule has 2 heterocycles. The predicted octanol–water partition coefficient (Wildman–Crippen LogP) is 4.92. The van der Waals surface area contributed by atoms with Gasteiger partial charge in [-0.2, -0.15) is 4.98 Å². The first kappa shape index (κ1) is 17.4. The SMILES string of the molecule is CCCn1cc(-c2nc(-c3cccc(Cl)c3)no2)c(=O)c2cc(F)ccc21. The van der Waals surface area contributed by atoms with Crippen molar-refractivity contribution in [2.45, 2.75) is 19.9 Å². The second-order valence-corrected chi connectivity index (χ2v) is 6.60. The maximum absolute atomic E-state index is 13.7. The van der Waals surface area contributed by atoms with Gasteiger partial charge in [0.1, 0.15) is 11.4 Å². The summed E-state index contributed by atoms with van der Waals surface area (Å²) in [6.07, 6.45) is 2.54. The van der Waals surface area contributed by atoms with Gasteiger partial charge in [-0.05, 0) is 36.8 Å². The highest BCUT2D eigenvalue weighted by Gasteiger charge is 2.17. The van der Waals surface area contributed by atoms with E-state index in [1.807, 2.05) is 11.5 Å². The normalized spacial score (nSPS) is 11.2. The highest BCUT2D eigenvalue weighted by atomic mass is 35.5. The molecule has 0 aliphatic carbocycles. The van der Waals surface area contributed by atoms with Crippen LogP contribution < -0.4 is 5.43 Å². The molecule has 4 rings (SSSR count). The van der Waals surface area contributed by atoms with Crippen LogP contribution in [0, 0.1) is 5.82 Å². The molecule has 5 nitrogen and oxygen atoms in total. The molecule has 0 aliphatic rings. The number of rotatable bonds is 4. The van der Waals surface area contributed by atoms with Gasteiger partial charge in [-0.25, -0.2) is 4.39 Å². The Morgan fingerprint density at radius 2 is 2.07 bits per heavy atom. The van der Waals surface area contributed by atoms with E-state index in [0.717, 1.165) is 6.42 Å². The molecule has 2 aromatic carbocycles. The van der Waals surface area contributed by atoms with Crippen molar-refractivity contribution in [1.82, 2.24) is 14.7 Å². The minimum Gasteiger partial charge on any atom is -0.346 e. The van der Waals surface area contributed by atoms with Crippen LogP contribution in [0.2, 0.25) is 5.02 Å². The Bertz CT molecular complexity index is 1200. The summed E-state index contributed by atoms with van der Waals surface area (Å²) in [5, 5.41) is 4.78. The van der Waals surface area contributed by atoms with Crippen LogP contribution in [-0.2, 0) is 6.54 Å². The topological polar surface area (TPSA) is 60.9 Å². The standard InChI is InChI=1S/C20H15ClFN3O2/c1-2-8-25-11-16(18(26)15-10-14(22)6-7-17(15)25)20-23-19(24-27-20)12-4-3-5-13(21)9-12/h3-7,9-11H,2,8H2,1H3. The second-order valence-electron chi connectivity index (χ2n) is 6.16. The Kier molecular flexibility index (Phi) is 4.49. The lowest BCUT2D eigenvalue weighted by molar-refractivity contribution is 0.431. The van der Waals surface area contributed by atoms with Crippen LogP contribution >= 0.6 is 11.6 Å². The average Bonchev–Trinajstić information content (AvgIpc) is 3.14. The fourth-order valence-electron chi connectivity index (χ4n) is 3.03. The van der Waals surface area contributed by atoms with E-state index in [1.165, 1.54) is 12.1 Å². The first-order valence-corrected chi connectivity index (χ1v) is 8.87. The fourth-order valence-corrected chi connectivity index (χ4v) is 3.22. The lowest BCUT2D eigenvalue weighted by Crippen LogP contribution is -2.12. The number of hydrogen-bond donors (Lipinski definition) is 0. The van der Waals surface area contributed by atoms with Gasteiger partial charge in [0.2, 0.25) is 11.3 Å². The van der Waals surface area contributed by atoms with E-state index in [-0.39, 0.29) is 22.3 Å². The summed E-state index contributed by atoms with van der Waals surface area (Å²) >= 11 is 6.00. The number of halogens is 2. The maximum Gasteiger partial charge on any atom is 0.263 e. The van der Waals surface area contributed by atoms with Gasteiger partial charge < -0.3 is 9.09 Å².